The van der Waals surface area contributed by atoms with Crippen LogP contribution in [0.2, 0.25) is 0 Å². The molecule has 2 aromatic carbocycles. The van der Waals surface area contributed by atoms with E-state index in [0.29, 0.717) is 6.54 Å². The molecule has 2 N–H and O–H groups in total. The van der Waals surface area contributed by atoms with Gasteiger partial charge < -0.3 is 15.4 Å². The van der Waals surface area contributed by atoms with Gasteiger partial charge in [0.15, 0.2) is 0 Å². The van der Waals surface area contributed by atoms with Gasteiger partial charge in [-0.25, -0.2) is 4.79 Å². The number of amides is 2. The second kappa shape index (κ2) is 8.27. The van der Waals surface area contributed by atoms with Crippen molar-refractivity contribution in [2.24, 2.45) is 0 Å². The first-order valence-corrected chi connectivity index (χ1v) is 7.82. The van der Waals surface area contributed by atoms with Gasteiger partial charge in [0.2, 0.25) is 0 Å². The Hall–Kier alpha value is -2.23. The molecule has 4 nitrogen and oxygen atoms in total. The lowest BCUT2D eigenvalue weighted by Crippen LogP contribution is -2.37. The normalized spacial score (nSPS) is 10.5. The van der Waals surface area contributed by atoms with Gasteiger partial charge in [-0.2, -0.15) is 0 Å². The van der Waals surface area contributed by atoms with E-state index < -0.39 is 0 Å². The fourth-order valence-corrected chi connectivity index (χ4v) is 2.41. The molecule has 22 heavy (non-hydrogen) atoms. The van der Waals surface area contributed by atoms with E-state index in [2.05, 4.69) is 35.8 Å². The van der Waals surface area contributed by atoms with E-state index in [4.69, 9.17) is 4.74 Å². The highest BCUT2D eigenvalue weighted by Gasteiger charge is 2.04. The number of hydrogen-bond acceptors (Lipinski definition) is 2. The van der Waals surface area contributed by atoms with Crippen LogP contribution >= 0.6 is 0 Å². The van der Waals surface area contributed by atoms with Crippen molar-refractivity contribution in [3.05, 3.63) is 42.0 Å². The summed E-state index contributed by atoms with van der Waals surface area (Å²) < 4.78 is 5.30. The van der Waals surface area contributed by atoms with Crippen LogP contribution in [-0.2, 0) is 6.42 Å². The third-order valence-electron chi connectivity index (χ3n) is 3.68. The number of carbonyl (C=O) groups excluding carboxylic acids is 1. The van der Waals surface area contributed by atoms with E-state index in [1.807, 2.05) is 18.2 Å². The van der Waals surface area contributed by atoms with Crippen LogP contribution in [0.1, 0.15) is 25.3 Å². The number of benzene rings is 2. The van der Waals surface area contributed by atoms with Crippen LogP contribution in [0, 0.1) is 0 Å². The Morgan fingerprint density at radius 3 is 2.73 bits per heavy atom. The quantitative estimate of drug-likeness (QED) is 0.769. The van der Waals surface area contributed by atoms with E-state index in [1.54, 1.807) is 7.11 Å². The number of nitrogens with one attached hydrogen (secondary N) is 2. The van der Waals surface area contributed by atoms with Crippen LogP contribution in [0.4, 0.5) is 4.79 Å². The van der Waals surface area contributed by atoms with Gasteiger partial charge in [0.05, 0.1) is 7.11 Å². The third-order valence-corrected chi connectivity index (χ3v) is 3.68. The summed E-state index contributed by atoms with van der Waals surface area (Å²) in [5, 5.41) is 8.12. The number of carbonyl (C=O) groups is 1. The lowest BCUT2D eigenvalue weighted by molar-refractivity contribution is 0.241. The van der Waals surface area contributed by atoms with Crippen molar-refractivity contribution < 1.29 is 9.53 Å². The first-order chi connectivity index (χ1) is 10.7. The molecule has 0 heterocycles. The maximum absolute atomic E-state index is 11.6. The fourth-order valence-electron chi connectivity index (χ4n) is 2.41. The van der Waals surface area contributed by atoms with Gasteiger partial charge in [0.1, 0.15) is 5.75 Å². The molecule has 0 aliphatic heterocycles. The summed E-state index contributed by atoms with van der Waals surface area (Å²) in [6.07, 6.45) is 2.89. The lowest BCUT2D eigenvalue weighted by atomic mass is 10.0. The predicted octanol–water partition coefficient (Wildman–Crippen LogP) is 3.49. The molecule has 2 amide bonds. The van der Waals surface area contributed by atoms with Gasteiger partial charge in [-0.15, -0.1) is 0 Å². The number of rotatable bonds is 7. The summed E-state index contributed by atoms with van der Waals surface area (Å²) in [4.78, 5) is 11.6. The standard InChI is InChI=1S/C18H24N2O2/c1-3-4-11-19-18(21)20-12-10-15-7-5-6-14-8-9-16(22-2)13-17(14)15/h5-9,13H,3-4,10-12H2,1-2H3,(H2,19,20,21). The molecule has 0 radical (unpaired) electrons. The Bertz CT molecular complexity index is 626. The molecule has 0 unspecified atom stereocenters. The van der Waals surface area contributed by atoms with Crippen molar-refractivity contribution in [2.75, 3.05) is 20.2 Å². The minimum absolute atomic E-state index is 0.0914. The molecule has 0 fully saturated rings. The third kappa shape index (κ3) is 4.38. The van der Waals surface area contributed by atoms with Crippen molar-refractivity contribution >= 4 is 16.8 Å². The lowest BCUT2D eigenvalue weighted by Gasteiger charge is -2.10. The van der Waals surface area contributed by atoms with E-state index in [-0.39, 0.29) is 6.03 Å². The Kier molecular flexibility index (Phi) is 6.07. The molecular formula is C18H24N2O2. The minimum atomic E-state index is -0.0914. The molecule has 0 aliphatic carbocycles. The van der Waals surface area contributed by atoms with E-state index >= 15 is 0 Å². The molecule has 2 aromatic rings. The Labute approximate surface area is 131 Å². The predicted molar refractivity (Wildman–Crippen MR) is 90.5 cm³/mol. The van der Waals surface area contributed by atoms with Gasteiger partial charge in [0, 0.05) is 13.1 Å². The molecule has 0 aromatic heterocycles. The van der Waals surface area contributed by atoms with Crippen LogP contribution in [-0.4, -0.2) is 26.2 Å². The smallest absolute Gasteiger partial charge is 0.314 e. The summed E-state index contributed by atoms with van der Waals surface area (Å²) in [6.45, 7) is 3.45. The number of urea groups is 1. The Morgan fingerprint density at radius 2 is 1.95 bits per heavy atom. The van der Waals surface area contributed by atoms with Crippen molar-refractivity contribution in [2.45, 2.75) is 26.2 Å². The molecule has 0 spiro atoms. The molecule has 0 bridgehead atoms. The molecule has 0 aliphatic rings. The number of fused-ring (bicyclic) bond motifs is 1. The highest BCUT2D eigenvalue weighted by molar-refractivity contribution is 5.87. The SMILES string of the molecule is CCCCNC(=O)NCCc1cccc2ccc(OC)cc12. The van der Waals surface area contributed by atoms with Crippen LogP contribution < -0.4 is 15.4 Å². The summed E-state index contributed by atoms with van der Waals surface area (Å²) in [6, 6.07) is 12.2. The molecule has 0 atom stereocenters. The van der Waals surface area contributed by atoms with Gasteiger partial charge in [0.25, 0.3) is 0 Å². The van der Waals surface area contributed by atoms with Crippen LogP contribution in [0.25, 0.3) is 10.8 Å². The molecule has 0 saturated heterocycles. The van der Waals surface area contributed by atoms with E-state index in [9.17, 15) is 4.79 Å². The summed E-state index contributed by atoms with van der Waals surface area (Å²) in [5.74, 6) is 0.852. The molecular weight excluding hydrogens is 276 g/mol. The zero-order chi connectivity index (χ0) is 15.8. The van der Waals surface area contributed by atoms with Crippen LogP contribution in [0.15, 0.2) is 36.4 Å². The largest absolute Gasteiger partial charge is 0.497 e. The number of ether oxygens (including phenoxy) is 1. The number of methoxy groups -OCH3 is 1. The van der Waals surface area contributed by atoms with E-state index in [0.717, 1.165) is 31.6 Å². The topological polar surface area (TPSA) is 50.4 Å². The van der Waals surface area contributed by atoms with Crippen LogP contribution in [0.5, 0.6) is 5.75 Å². The maximum atomic E-state index is 11.6. The highest BCUT2D eigenvalue weighted by Crippen LogP contribution is 2.24. The van der Waals surface area contributed by atoms with E-state index in [1.165, 1.54) is 16.3 Å². The molecule has 4 heteroatoms. The fraction of sp³-hybridized carbons (Fsp3) is 0.389. The van der Waals surface area contributed by atoms with Crippen LogP contribution in [0.3, 0.4) is 0 Å². The van der Waals surface area contributed by atoms with Gasteiger partial charge >= 0.3 is 6.03 Å². The van der Waals surface area contributed by atoms with Crippen molar-refractivity contribution in [3.8, 4) is 5.75 Å². The summed E-state index contributed by atoms with van der Waals surface area (Å²) >= 11 is 0. The first kappa shape index (κ1) is 16.1. The maximum Gasteiger partial charge on any atom is 0.314 e. The van der Waals surface area contributed by atoms with Crippen molar-refractivity contribution in [1.29, 1.82) is 0 Å². The summed E-state index contributed by atoms with van der Waals surface area (Å²) in [5.41, 5.74) is 1.21. The minimum Gasteiger partial charge on any atom is -0.497 e. The monoisotopic (exact) mass is 300 g/mol. The molecule has 2 rings (SSSR count). The second-order valence-corrected chi connectivity index (χ2v) is 5.29. The van der Waals surface area contributed by atoms with Gasteiger partial charge in [-0.1, -0.05) is 37.6 Å². The highest BCUT2D eigenvalue weighted by atomic mass is 16.5. The second-order valence-electron chi connectivity index (χ2n) is 5.29. The number of hydrogen-bond donors (Lipinski definition) is 2. The Morgan fingerprint density at radius 1 is 1.14 bits per heavy atom. The van der Waals surface area contributed by atoms with Gasteiger partial charge in [-0.05, 0) is 41.3 Å². The average Bonchev–Trinajstić information content (AvgIpc) is 2.55. The van der Waals surface area contributed by atoms with Gasteiger partial charge in [-0.3, -0.25) is 0 Å². The zero-order valence-corrected chi connectivity index (χ0v) is 13.3. The zero-order valence-electron chi connectivity index (χ0n) is 13.3. The number of unbranched alkanes of at least 4 members (excludes halogenated alkanes) is 1. The van der Waals surface area contributed by atoms with Crippen molar-refractivity contribution in [1.82, 2.24) is 10.6 Å². The summed E-state index contributed by atoms with van der Waals surface area (Å²) in [7, 11) is 1.67. The average molecular weight is 300 g/mol. The molecule has 0 saturated carbocycles. The first-order valence-electron chi connectivity index (χ1n) is 7.82. The molecule has 118 valence electrons. The van der Waals surface area contributed by atoms with Crippen molar-refractivity contribution in [3.63, 3.8) is 0 Å². The Balaban J connectivity index is 1.95.